The van der Waals surface area contributed by atoms with Crippen LogP contribution < -0.4 is 9.47 Å². The van der Waals surface area contributed by atoms with E-state index in [4.69, 9.17) is 14.2 Å². The zero-order valence-electron chi connectivity index (χ0n) is 25.9. The lowest BCUT2D eigenvalue weighted by Gasteiger charge is -2.31. The Bertz CT molecular complexity index is 1680. The second-order valence-electron chi connectivity index (χ2n) is 11.6. The summed E-state index contributed by atoms with van der Waals surface area (Å²) >= 11 is 0. The van der Waals surface area contributed by atoms with Crippen molar-refractivity contribution in [3.8, 4) is 11.5 Å². The van der Waals surface area contributed by atoms with Crippen LogP contribution in [0.25, 0.3) is 5.76 Å². The van der Waals surface area contributed by atoms with Gasteiger partial charge >= 0.3 is 0 Å². The summed E-state index contributed by atoms with van der Waals surface area (Å²) in [6.45, 7) is 6.60. The second kappa shape index (κ2) is 14.5. The molecule has 4 aromatic rings. The number of nitrogens with zero attached hydrogens (tertiary/aromatic N) is 2. The molecule has 1 atom stereocenters. The molecule has 0 spiro atoms. The number of aliphatic hydroxyl groups is 1. The van der Waals surface area contributed by atoms with Crippen LogP contribution in [0.15, 0.2) is 109 Å². The van der Waals surface area contributed by atoms with E-state index >= 15 is 0 Å². The molecule has 1 unspecified atom stereocenters. The summed E-state index contributed by atoms with van der Waals surface area (Å²) in [7, 11) is 0. The maximum Gasteiger partial charge on any atom is 0.295 e. The number of rotatable bonds is 11. The highest BCUT2D eigenvalue weighted by Gasteiger charge is 2.46. The van der Waals surface area contributed by atoms with Crippen LogP contribution in [0, 0.1) is 6.92 Å². The summed E-state index contributed by atoms with van der Waals surface area (Å²) in [6, 6.07) is 31.6. The zero-order chi connectivity index (χ0) is 31.9. The SMILES string of the molecule is Cc1cccc(COc2ccc(/C(O)=C3\C(=O)C(=O)N(CCN4CCOCC4)C3c3ccc(OCc4ccccc4)cc3)cc2)c1. The van der Waals surface area contributed by atoms with Gasteiger partial charge in [-0.1, -0.05) is 72.3 Å². The van der Waals surface area contributed by atoms with Gasteiger partial charge in [-0.2, -0.15) is 0 Å². The van der Waals surface area contributed by atoms with Crippen molar-refractivity contribution < 1.29 is 28.9 Å². The monoisotopic (exact) mass is 618 g/mol. The van der Waals surface area contributed by atoms with E-state index in [0.29, 0.717) is 62.1 Å². The third-order valence-corrected chi connectivity index (χ3v) is 8.36. The molecule has 2 aliphatic heterocycles. The van der Waals surface area contributed by atoms with E-state index in [1.165, 1.54) is 0 Å². The first-order chi connectivity index (χ1) is 22.5. The summed E-state index contributed by atoms with van der Waals surface area (Å²) in [4.78, 5) is 30.8. The van der Waals surface area contributed by atoms with Gasteiger partial charge in [0.05, 0.1) is 24.8 Å². The average Bonchev–Trinajstić information content (AvgIpc) is 3.35. The molecule has 2 aliphatic rings. The van der Waals surface area contributed by atoms with Crippen molar-refractivity contribution in [2.45, 2.75) is 26.2 Å². The van der Waals surface area contributed by atoms with Crippen molar-refractivity contribution in [1.82, 2.24) is 9.80 Å². The Morgan fingerprint density at radius 1 is 0.783 bits per heavy atom. The van der Waals surface area contributed by atoms with Crippen molar-refractivity contribution in [2.24, 2.45) is 0 Å². The van der Waals surface area contributed by atoms with Gasteiger partial charge in [-0.05, 0) is 60.0 Å². The van der Waals surface area contributed by atoms with E-state index in [0.717, 1.165) is 29.8 Å². The lowest BCUT2D eigenvalue weighted by atomic mass is 9.95. The van der Waals surface area contributed by atoms with Crippen LogP contribution in [0.1, 0.15) is 33.9 Å². The fraction of sp³-hybridized carbons (Fsp3) is 0.263. The first-order valence-electron chi connectivity index (χ1n) is 15.6. The van der Waals surface area contributed by atoms with Gasteiger partial charge in [0.25, 0.3) is 11.7 Å². The van der Waals surface area contributed by atoms with E-state index in [2.05, 4.69) is 11.0 Å². The van der Waals surface area contributed by atoms with Gasteiger partial charge in [0.1, 0.15) is 30.5 Å². The van der Waals surface area contributed by atoms with Gasteiger partial charge in [0, 0.05) is 31.7 Å². The maximum atomic E-state index is 13.6. The van der Waals surface area contributed by atoms with E-state index in [1.54, 1.807) is 29.2 Å². The average molecular weight is 619 g/mol. The molecule has 0 aliphatic carbocycles. The van der Waals surface area contributed by atoms with Crippen LogP contribution in [0.4, 0.5) is 0 Å². The van der Waals surface area contributed by atoms with Crippen LogP contribution in [-0.4, -0.2) is 66.0 Å². The van der Waals surface area contributed by atoms with Crippen LogP contribution in [0.3, 0.4) is 0 Å². The lowest BCUT2D eigenvalue weighted by Crippen LogP contribution is -2.42. The smallest absolute Gasteiger partial charge is 0.295 e. The molecule has 2 fully saturated rings. The minimum atomic E-state index is -0.749. The summed E-state index contributed by atoms with van der Waals surface area (Å²) in [5.74, 6) is -0.242. The number of morpholine rings is 1. The molecule has 6 rings (SSSR count). The van der Waals surface area contributed by atoms with Crippen LogP contribution in [0.5, 0.6) is 11.5 Å². The highest BCUT2D eigenvalue weighted by atomic mass is 16.5. The van der Waals surface area contributed by atoms with Gasteiger partial charge in [-0.25, -0.2) is 0 Å². The Morgan fingerprint density at radius 3 is 2.09 bits per heavy atom. The van der Waals surface area contributed by atoms with Crippen molar-refractivity contribution >= 4 is 17.4 Å². The van der Waals surface area contributed by atoms with E-state index < -0.39 is 17.7 Å². The number of ether oxygens (including phenoxy) is 3. The van der Waals surface area contributed by atoms with Crippen LogP contribution >= 0.6 is 0 Å². The number of hydrogen-bond donors (Lipinski definition) is 1. The Kier molecular flexibility index (Phi) is 9.76. The number of aliphatic hydroxyl groups excluding tert-OH is 1. The van der Waals surface area contributed by atoms with Gasteiger partial charge in [0.2, 0.25) is 0 Å². The minimum Gasteiger partial charge on any atom is -0.507 e. The molecular weight excluding hydrogens is 580 g/mol. The highest BCUT2D eigenvalue weighted by molar-refractivity contribution is 6.46. The third kappa shape index (κ3) is 7.30. The standard InChI is InChI=1S/C38H38N2O6/c1-27-6-5-9-29(24-27)26-46-33-16-12-31(13-17-33)36(41)34-35(40(38(43)37(34)42)19-18-39-20-22-44-23-21-39)30-10-14-32(15-11-30)45-25-28-7-3-2-4-8-28/h2-17,24,35,41H,18-23,25-26H2,1H3/b36-34+. The Hall–Kier alpha value is -4.92. The fourth-order valence-electron chi connectivity index (χ4n) is 5.85. The van der Waals surface area contributed by atoms with Gasteiger partial charge in [-0.3, -0.25) is 14.5 Å². The van der Waals surface area contributed by atoms with Gasteiger partial charge in [-0.15, -0.1) is 0 Å². The van der Waals surface area contributed by atoms with E-state index in [1.807, 2.05) is 79.7 Å². The van der Waals surface area contributed by atoms with Crippen LogP contribution in [0.2, 0.25) is 0 Å². The van der Waals surface area contributed by atoms with Crippen molar-refractivity contribution in [3.63, 3.8) is 0 Å². The minimum absolute atomic E-state index is 0.0679. The van der Waals surface area contributed by atoms with Crippen molar-refractivity contribution in [1.29, 1.82) is 0 Å². The normalized spacial score (nSPS) is 18.1. The number of carbonyl (C=O) groups is 2. The molecular formula is C38H38N2O6. The molecule has 236 valence electrons. The number of likely N-dealkylation sites (tertiary alicyclic amines) is 1. The molecule has 2 heterocycles. The predicted octanol–water partition coefficient (Wildman–Crippen LogP) is 5.91. The Labute approximate surface area is 269 Å². The third-order valence-electron chi connectivity index (χ3n) is 8.36. The van der Waals surface area contributed by atoms with Crippen molar-refractivity contribution in [2.75, 3.05) is 39.4 Å². The lowest BCUT2D eigenvalue weighted by molar-refractivity contribution is -0.140. The first kappa shape index (κ1) is 31.1. The second-order valence-corrected chi connectivity index (χ2v) is 11.6. The molecule has 0 aromatic heterocycles. The Morgan fingerprint density at radius 2 is 1.41 bits per heavy atom. The number of ketones is 1. The number of aryl methyl sites for hydroxylation is 1. The van der Waals surface area contributed by atoms with Crippen molar-refractivity contribution in [3.05, 3.63) is 137 Å². The number of hydrogen-bond acceptors (Lipinski definition) is 7. The molecule has 2 saturated heterocycles. The van der Waals surface area contributed by atoms with E-state index in [-0.39, 0.29) is 11.3 Å². The fourth-order valence-corrected chi connectivity index (χ4v) is 5.85. The first-order valence-corrected chi connectivity index (χ1v) is 15.6. The molecule has 4 aromatic carbocycles. The topological polar surface area (TPSA) is 88.5 Å². The number of benzene rings is 4. The quantitative estimate of drug-likeness (QED) is 0.127. The number of Topliss-reactive ketones (excluding diaryl/α,β-unsaturated/α-hetero) is 1. The van der Waals surface area contributed by atoms with Gasteiger partial charge < -0.3 is 24.2 Å². The molecule has 8 nitrogen and oxygen atoms in total. The Balaban J connectivity index is 1.25. The molecule has 8 heteroatoms. The van der Waals surface area contributed by atoms with Gasteiger partial charge in [0.15, 0.2) is 0 Å². The molecule has 1 N–H and O–H groups in total. The summed E-state index contributed by atoms with van der Waals surface area (Å²) in [5.41, 5.74) is 4.48. The van der Waals surface area contributed by atoms with Crippen LogP contribution in [-0.2, 0) is 27.5 Å². The summed E-state index contributed by atoms with van der Waals surface area (Å²) < 4.78 is 17.4. The molecule has 0 saturated carbocycles. The van der Waals surface area contributed by atoms with E-state index in [9.17, 15) is 14.7 Å². The molecule has 1 amide bonds. The highest BCUT2D eigenvalue weighted by Crippen LogP contribution is 2.40. The molecule has 0 bridgehead atoms. The zero-order valence-corrected chi connectivity index (χ0v) is 25.9. The molecule has 46 heavy (non-hydrogen) atoms. The summed E-state index contributed by atoms with van der Waals surface area (Å²) in [5, 5.41) is 11.6. The molecule has 0 radical (unpaired) electrons. The number of carbonyl (C=O) groups excluding carboxylic acids is 2. The predicted molar refractivity (Wildman–Crippen MR) is 175 cm³/mol. The largest absolute Gasteiger partial charge is 0.507 e. The number of amides is 1. The maximum absolute atomic E-state index is 13.6. The summed E-state index contributed by atoms with van der Waals surface area (Å²) in [6.07, 6.45) is 0.